The third-order valence-electron chi connectivity index (χ3n) is 6.64. The normalized spacial score (nSPS) is 31.3. The van der Waals surface area contributed by atoms with Gasteiger partial charge in [0.25, 0.3) is 0 Å². The maximum atomic E-state index is 12.2. The molecule has 0 aromatic rings. The van der Waals surface area contributed by atoms with Crippen molar-refractivity contribution in [3.63, 3.8) is 0 Å². The van der Waals surface area contributed by atoms with Crippen LogP contribution < -0.4 is 0 Å². The summed E-state index contributed by atoms with van der Waals surface area (Å²) in [6.07, 6.45) is 4.37. The Bertz CT molecular complexity index is 561. The van der Waals surface area contributed by atoms with E-state index in [0.717, 1.165) is 25.2 Å². The highest BCUT2D eigenvalue weighted by molar-refractivity contribution is 7.54. The van der Waals surface area contributed by atoms with Gasteiger partial charge in [0.2, 0.25) is 0 Å². The first-order valence-electron chi connectivity index (χ1n) is 9.62. The Morgan fingerprint density at radius 3 is 2.42 bits per heavy atom. The molecular formula is C19H37O5PSi. The van der Waals surface area contributed by atoms with E-state index in [4.69, 9.17) is 18.2 Å². The molecule has 7 heteroatoms. The fourth-order valence-corrected chi connectivity index (χ4v) is 5.60. The zero-order chi connectivity index (χ0) is 19.8. The van der Waals surface area contributed by atoms with Crippen LogP contribution in [0.3, 0.4) is 0 Å². The van der Waals surface area contributed by atoms with Crippen molar-refractivity contribution in [2.45, 2.75) is 64.8 Å². The quantitative estimate of drug-likeness (QED) is 0.418. The second kappa shape index (κ2) is 8.08. The van der Waals surface area contributed by atoms with Gasteiger partial charge in [-0.3, -0.25) is 4.57 Å². The number of allylic oxidation sites excluding steroid dienone is 2. The minimum atomic E-state index is -3.02. The lowest BCUT2D eigenvalue weighted by Gasteiger charge is -2.38. The average Bonchev–Trinajstić information content (AvgIpc) is 3.06. The van der Waals surface area contributed by atoms with Crippen molar-refractivity contribution in [3.05, 3.63) is 11.8 Å². The lowest BCUT2D eigenvalue weighted by atomic mass is 9.89. The Hall–Kier alpha value is -0.133. The van der Waals surface area contributed by atoms with E-state index in [-0.39, 0.29) is 17.3 Å². The predicted octanol–water partition coefficient (Wildman–Crippen LogP) is 5.44. The molecule has 0 bridgehead atoms. The van der Waals surface area contributed by atoms with Crippen molar-refractivity contribution in [1.82, 2.24) is 0 Å². The highest BCUT2D eigenvalue weighted by atomic mass is 31.2. The molecule has 1 saturated carbocycles. The molecule has 0 amide bonds. The number of hydrogen-bond donors (Lipinski definition) is 0. The fraction of sp³-hybridized carbons (Fsp3) is 0.895. The number of rotatable bonds is 7. The van der Waals surface area contributed by atoms with Crippen LogP contribution in [0, 0.1) is 17.8 Å². The summed E-state index contributed by atoms with van der Waals surface area (Å²) in [6, 6.07) is 0. The van der Waals surface area contributed by atoms with Crippen LogP contribution in [0.25, 0.3) is 0 Å². The van der Waals surface area contributed by atoms with Gasteiger partial charge in [0.15, 0.2) is 8.32 Å². The molecule has 1 heterocycles. The van der Waals surface area contributed by atoms with Crippen molar-refractivity contribution >= 4 is 15.9 Å². The van der Waals surface area contributed by atoms with E-state index in [1.54, 1.807) is 0 Å². The number of hydrogen-bond acceptors (Lipinski definition) is 5. The van der Waals surface area contributed by atoms with Crippen LogP contribution in [0.4, 0.5) is 0 Å². The standard InChI is InChI=1S/C19H37O5PSi/c1-14-11-18-16(17(14)13-23-26(7,8)19(2,3)4)12-15(24-18)9-10-25(20,21-5)22-6/h9,14,16-18H,10-13H2,1-8H3/b15-9+/t14-,16-,17+,18+/m1/s1. The molecular weight excluding hydrogens is 367 g/mol. The predicted molar refractivity (Wildman–Crippen MR) is 108 cm³/mol. The van der Waals surface area contributed by atoms with Gasteiger partial charge in [0.05, 0.1) is 11.9 Å². The molecule has 26 heavy (non-hydrogen) atoms. The zero-order valence-electron chi connectivity index (χ0n) is 17.7. The van der Waals surface area contributed by atoms with E-state index >= 15 is 0 Å². The second-order valence-corrected chi connectivity index (χ2v) is 16.4. The van der Waals surface area contributed by atoms with Crippen molar-refractivity contribution in [3.8, 4) is 0 Å². The topological polar surface area (TPSA) is 54.0 Å². The summed E-state index contributed by atoms with van der Waals surface area (Å²) in [7, 11) is -1.92. The van der Waals surface area contributed by atoms with Crippen LogP contribution in [0.15, 0.2) is 11.8 Å². The average molecular weight is 405 g/mol. The van der Waals surface area contributed by atoms with E-state index in [0.29, 0.717) is 17.8 Å². The molecule has 5 nitrogen and oxygen atoms in total. The van der Waals surface area contributed by atoms with E-state index in [1.807, 2.05) is 6.08 Å². The first kappa shape index (κ1) is 22.2. The van der Waals surface area contributed by atoms with Gasteiger partial charge in [-0.25, -0.2) is 0 Å². The minimum absolute atomic E-state index is 0.229. The molecule has 152 valence electrons. The smallest absolute Gasteiger partial charge is 0.334 e. The fourth-order valence-electron chi connectivity index (χ4n) is 3.68. The summed E-state index contributed by atoms with van der Waals surface area (Å²) >= 11 is 0. The molecule has 0 spiro atoms. The Morgan fingerprint density at radius 2 is 1.88 bits per heavy atom. The number of fused-ring (bicyclic) bond motifs is 1. The van der Waals surface area contributed by atoms with Crippen LogP contribution in [0.1, 0.15) is 40.5 Å². The first-order chi connectivity index (χ1) is 11.9. The van der Waals surface area contributed by atoms with Crippen LogP contribution in [-0.2, 0) is 22.8 Å². The largest absolute Gasteiger partial charge is 0.495 e. The van der Waals surface area contributed by atoms with Crippen LogP contribution in [0.2, 0.25) is 18.1 Å². The van der Waals surface area contributed by atoms with Gasteiger partial charge in [-0.15, -0.1) is 0 Å². The SMILES string of the molecule is COP(=O)(C/C=C1\C[C@@H]2[C@@H](CO[Si](C)(C)C(C)(C)C)[C@H](C)C[C@@H]2O1)OC. The minimum Gasteiger partial charge on any atom is -0.495 e. The Morgan fingerprint density at radius 1 is 1.27 bits per heavy atom. The monoisotopic (exact) mass is 404 g/mol. The molecule has 2 aliphatic rings. The molecule has 1 saturated heterocycles. The van der Waals surface area contributed by atoms with Crippen LogP contribution >= 0.6 is 7.60 Å². The van der Waals surface area contributed by atoms with Crippen LogP contribution in [0.5, 0.6) is 0 Å². The van der Waals surface area contributed by atoms with Gasteiger partial charge in [-0.2, -0.15) is 0 Å². The third kappa shape index (κ3) is 4.82. The highest BCUT2D eigenvalue weighted by Gasteiger charge is 2.48. The molecule has 2 rings (SSSR count). The second-order valence-electron chi connectivity index (χ2n) is 9.30. The van der Waals surface area contributed by atoms with Gasteiger partial charge < -0.3 is 18.2 Å². The molecule has 1 aliphatic carbocycles. The summed E-state index contributed by atoms with van der Waals surface area (Å²) in [5.74, 6) is 2.56. The summed E-state index contributed by atoms with van der Waals surface area (Å²) in [6.45, 7) is 14.6. The van der Waals surface area contributed by atoms with Gasteiger partial charge in [0, 0.05) is 33.2 Å². The lowest BCUT2D eigenvalue weighted by molar-refractivity contribution is 0.130. The summed E-state index contributed by atoms with van der Waals surface area (Å²) < 4.78 is 34.9. The van der Waals surface area contributed by atoms with E-state index in [2.05, 4.69) is 40.8 Å². The molecule has 1 aliphatic heterocycles. The molecule has 0 radical (unpaired) electrons. The molecule has 0 aromatic heterocycles. The molecule has 0 N–H and O–H groups in total. The van der Waals surface area contributed by atoms with Gasteiger partial charge >= 0.3 is 7.60 Å². The van der Waals surface area contributed by atoms with Crippen molar-refractivity contribution < 1.29 is 22.8 Å². The van der Waals surface area contributed by atoms with Gasteiger partial charge in [-0.05, 0) is 42.5 Å². The Labute approximate surface area is 160 Å². The van der Waals surface area contributed by atoms with Crippen molar-refractivity contribution in [1.29, 1.82) is 0 Å². The van der Waals surface area contributed by atoms with E-state index in [1.165, 1.54) is 14.2 Å². The van der Waals surface area contributed by atoms with Gasteiger partial charge in [-0.1, -0.05) is 27.7 Å². The lowest BCUT2D eigenvalue weighted by Crippen LogP contribution is -2.42. The van der Waals surface area contributed by atoms with Crippen molar-refractivity contribution in [2.75, 3.05) is 27.0 Å². The summed E-state index contributed by atoms with van der Waals surface area (Å²) in [5, 5.41) is 0.229. The number of ether oxygens (including phenoxy) is 1. The summed E-state index contributed by atoms with van der Waals surface area (Å²) in [4.78, 5) is 0. The molecule has 2 fully saturated rings. The maximum absolute atomic E-state index is 12.2. The van der Waals surface area contributed by atoms with E-state index in [9.17, 15) is 4.57 Å². The van der Waals surface area contributed by atoms with Crippen LogP contribution in [-0.4, -0.2) is 41.4 Å². The maximum Gasteiger partial charge on any atom is 0.334 e. The molecule has 4 atom stereocenters. The Kier molecular flexibility index (Phi) is 6.89. The van der Waals surface area contributed by atoms with E-state index < -0.39 is 15.9 Å². The van der Waals surface area contributed by atoms with Gasteiger partial charge in [0.1, 0.15) is 6.10 Å². The van der Waals surface area contributed by atoms with Crippen molar-refractivity contribution in [2.24, 2.45) is 17.8 Å². The summed E-state index contributed by atoms with van der Waals surface area (Å²) in [5.41, 5.74) is 0. The zero-order valence-corrected chi connectivity index (χ0v) is 19.6. The molecule has 0 unspecified atom stereocenters. The Balaban J connectivity index is 1.99. The first-order valence-corrected chi connectivity index (χ1v) is 14.3. The third-order valence-corrected chi connectivity index (χ3v) is 12.9. The highest BCUT2D eigenvalue weighted by Crippen LogP contribution is 2.50. The molecule has 0 aromatic carbocycles.